The van der Waals surface area contributed by atoms with Crippen molar-refractivity contribution in [1.82, 2.24) is 15.1 Å². The third kappa shape index (κ3) is 4.22. The molecule has 1 aliphatic heterocycles. The van der Waals surface area contributed by atoms with Gasteiger partial charge in [0.05, 0.1) is 6.04 Å². The number of benzene rings is 1. The van der Waals surface area contributed by atoms with Gasteiger partial charge in [0, 0.05) is 44.4 Å². The molecule has 0 amide bonds. The zero-order chi connectivity index (χ0) is 15.2. The first-order valence-corrected chi connectivity index (χ1v) is 7.77. The van der Waals surface area contributed by atoms with Crippen LogP contribution < -0.4 is 5.32 Å². The van der Waals surface area contributed by atoms with Gasteiger partial charge in [-0.05, 0) is 19.2 Å². The number of halogens is 2. The third-order valence-electron chi connectivity index (χ3n) is 4.24. The minimum Gasteiger partial charge on any atom is -0.314 e. The molecule has 21 heavy (non-hydrogen) atoms. The quantitative estimate of drug-likeness (QED) is 0.869. The van der Waals surface area contributed by atoms with Gasteiger partial charge in [-0.1, -0.05) is 19.9 Å². The van der Waals surface area contributed by atoms with Crippen LogP contribution in [0, 0.1) is 11.6 Å². The number of hydrogen-bond donors (Lipinski definition) is 1. The van der Waals surface area contributed by atoms with E-state index in [2.05, 4.69) is 29.0 Å². The summed E-state index contributed by atoms with van der Waals surface area (Å²) in [5.74, 6) is -0.955. The Morgan fingerprint density at radius 1 is 1.19 bits per heavy atom. The molecular formula is C16H25F2N3. The van der Waals surface area contributed by atoms with Crippen LogP contribution >= 0.6 is 0 Å². The minimum absolute atomic E-state index is 0.0207. The molecule has 1 aliphatic rings. The molecule has 1 aromatic rings. The van der Waals surface area contributed by atoms with Gasteiger partial charge in [-0.15, -0.1) is 0 Å². The molecule has 118 valence electrons. The molecule has 0 saturated carbocycles. The molecule has 1 atom stereocenters. The lowest BCUT2D eigenvalue weighted by atomic mass is 10.0. The van der Waals surface area contributed by atoms with Gasteiger partial charge in [-0.2, -0.15) is 0 Å². The summed E-state index contributed by atoms with van der Waals surface area (Å²) in [6.45, 7) is 10.5. The van der Waals surface area contributed by atoms with Crippen LogP contribution in [-0.2, 0) is 0 Å². The summed E-state index contributed by atoms with van der Waals surface area (Å²) in [5.41, 5.74) is 0.602. The van der Waals surface area contributed by atoms with E-state index in [-0.39, 0.29) is 6.04 Å². The molecule has 0 spiro atoms. The van der Waals surface area contributed by atoms with Crippen LogP contribution in [0.2, 0.25) is 0 Å². The Balaban J connectivity index is 2.25. The van der Waals surface area contributed by atoms with Crippen LogP contribution in [0.25, 0.3) is 0 Å². The fourth-order valence-corrected chi connectivity index (χ4v) is 2.90. The first-order chi connectivity index (χ1) is 10.2. The smallest absolute Gasteiger partial charge is 0.130 e. The first kappa shape index (κ1) is 16.3. The Bertz CT molecular complexity index is 443. The van der Waals surface area contributed by atoms with Gasteiger partial charge < -0.3 is 10.2 Å². The maximum Gasteiger partial charge on any atom is 0.130 e. The molecule has 0 bridgehead atoms. The summed E-state index contributed by atoms with van der Waals surface area (Å²) in [5, 5.41) is 3.32. The molecule has 1 heterocycles. The lowest BCUT2D eigenvalue weighted by Crippen LogP contribution is -2.48. The van der Waals surface area contributed by atoms with Crippen molar-refractivity contribution in [2.75, 3.05) is 45.8 Å². The van der Waals surface area contributed by atoms with E-state index in [0.29, 0.717) is 5.56 Å². The van der Waals surface area contributed by atoms with Gasteiger partial charge >= 0.3 is 0 Å². The summed E-state index contributed by atoms with van der Waals surface area (Å²) in [7, 11) is 0. The summed E-state index contributed by atoms with van der Waals surface area (Å²) < 4.78 is 27.4. The third-order valence-corrected chi connectivity index (χ3v) is 4.24. The average Bonchev–Trinajstić information content (AvgIpc) is 2.50. The van der Waals surface area contributed by atoms with Crippen LogP contribution in [-0.4, -0.2) is 55.6 Å². The summed E-state index contributed by atoms with van der Waals surface area (Å²) in [4.78, 5) is 4.58. The van der Waals surface area contributed by atoms with Crippen molar-refractivity contribution in [3.8, 4) is 0 Å². The Hall–Kier alpha value is -1.04. The van der Waals surface area contributed by atoms with Crippen molar-refractivity contribution in [2.45, 2.75) is 19.9 Å². The number of likely N-dealkylation sites (N-methyl/N-ethyl adjacent to an activating group) is 1. The highest BCUT2D eigenvalue weighted by atomic mass is 19.1. The zero-order valence-corrected chi connectivity index (χ0v) is 12.9. The van der Waals surface area contributed by atoms with Crippen LogP contribution in [0.15, 0.2) is 18.2 Å². The van der Waals surface area contributed by atoms with Crippen molar-refractivity contribution in [2.24, 2.45) is 0 Å². The number of nitrogens with one attached hydrogen (secondary N) is 1. The summed E-state index contributed by atoms with van der Waals surface area (Å²) in [6, 6.07) is 3.93. The van der Waals surface area contributed by atoms with Gasteiger partial charge in [0.2, 0.25) is 0 Å². The van der Waals surface area contributed by atoms with Crippen LogP contribution in [0.1, 0.15) is 25.5 Å². The van der Waals surface area contributed by atoms with Gasteiger partial charge in [-0.3, -0.25) is 4.90 Å². The second kappa shape index (κ2) is 7.82. The molecular weight excluding hydrogens is 272 g/mol. The highest BCUT2D eigenvalue weighted by molar-refractivity contribution is 5.23. The lowest BCUT2D eigenvalue weighted by Gasteiger charge is -2.37. The maximum atomic E-state index is 14.2. The Labute approximate surface area is 125 Å². The highest BCUT2D eigenvalue weighted by Gasteiger charge is 2.26. The van der Waals surface area contributed by atoms with Gasteiger partial charge in [0.1, 0.15) is 11.6 Å². The maximum absolute atomic E-state index is 14.2. The van der Waals surface area contributed by atoms with Crippen molar-refractivity contribution >= 4 is 0 Å². The molecule has 1 aromatic carbocycles. The fourth-order valence-electron chi connectivity index (χ4n) is 2.90. The molecule has 1 saturated heterocycles. The monoisotopic (exact) mass is 297 g/mol. The van der Waals surface area contributed by atoms with Crippen LogP contribution in [0.4, 0.5) is 8.78 Å². The topological polar surface area (TPSA) is 18.5 Å². The first-order valence-electron chi connectivity index (χ1n) is 7.77. The lowest BCUT2D eigenvalue weighted by molar-refractivity contribution is 0.126. The van der Waals surface area contributed by atoms with E-state index in [1.54, 1.807) is 6.07 Å². The molecule has 0 aliphatic carbocycles. The minimum atomic E-state index is -0.516. The predicted octanol–water partition coefficient (Wildman–Crippen LogP) is 2.25. The number of hydrogen-bond acceptors (Lipinski definition) is 3. The van der Waals surface area contributed by atoms with E-state index < -0.39 is 11.6 Å². The molecule has 1 fully saturated rings. The Morgan fingerprint density at radius 3 is 2.43 bits per heavy atom. The molecule has 0 radical (unpaired) electrons. The SMILES string of the molecule is CCN(CC)CC(c1ccc(F)cc1F)N1CCNCC1. The number of rotatable bonds is 6. The average molecular weight is 297 g/mol. The van der Waals surface area contributed by atoms with E-state index in [4.69, 9.17) is 0 Å². The number of piperazine rings is 1. The molecule has 1 N–H and O–H groups in total. The van der Waals surface area contributed by atoms with E-state index in [1.807, 2.05) is 0 Å². The zero-order valence-electron chi connectivity index (χ0n) is 12.9. The summed E-state index contributed by atoms with van der Waals surface area (Å²) >= 11 is 0. The Morgan fingerprint density at radius 2 is 1.86 bits per heavy atom. The Kier molecular flexibility index (Phi) is 6.08. The van der Waals surface area contributed by atoms with Gasteiger partial charge in [0.25, 0.3) is 0 Å². The number of nitrogens with zero attached hydrogens (tertiary/aromatic N) is 2. The summed E-state index contributed by atoms with van der Waals surface area (Å²) in [6.07, 6.45) is 0. The van der Waals surface area contributed by atoms with E-state index >= 15 is 0 Å². The molecule has 0 aromatic heterocycles. The second-order valence-electron chi connectivity index (χ2n) is 5.45. The molecule has 2 rings (SSSR count). The van der Waals surface area contributed by atoms with Gasteiger partial charge in [0.15, 0.2) is 0 Å². The van der Waals surface area contributed by atoms with Gasteiger partial charge in [-0.25, -0.2) is 8.78 Å². The van der Waals surface area contributed by atoms with Crippen LogP contribution in [0.5, 0.6) is 0 Å². The van der Waals surface area contributed by atoms with E-state index in [9.17, 15) is 8.78 Å². The highest BCUT2D eigenvalue weighted by Crippen LogP contribution is 2.25. The van der Waals surface area contributed by atoms with E-state index in [1.165, 1.54) is 6.07 Å². The largest absolute Gasteiger partial charge is 0.314 e. The second-order valence-corrected chi connectivity index (χ2v) is 5.45. The normalized spacial score (nSPS) is 18.1. The molecule has 1 unspecified atom stereocenters. The molecule has 5 heteroatoms. The van der Waals surface area contributed by atoms with E-state index in [0.717, 1.165) is 51.9 Å². The van der Waals surface area contributed by atoms with Crippen molar-refractivity contribution in [3.05, 3.63) is 35.4 Å². The fraction of sp³-hybridized carbons (Fsp3) is 0.625. The van der Waals surface area contributed by atoms with Crippen LogP contribution in [0.3, 0.4) is 0 Å². The standard InChI is InChI=1S/C16H25F2N3/c1-3-20(4-2)12-16(21-9-7-19-8-10-21)14-6-5-13(17)11-15(14)18/h5-6,11,16,19H,3-4,7-10,12H2,1-2H3. The predicted molar refractivity (Wildman–Crippen MR) is 81.3 cm³/mol. The van der Waals surface area contributed by atoms with Crippen molar-refractivity contribution in [1.29, 1.82) is 0 Å². The molecule has 3 nitrogen and oxygen atoms in total. The van der Waals surface area contributed by atoms with Crippen molar-refractivity contribution < 1.29 is 8.78 Å². The van der Waals surface area contributed by atoms with Crippen molar-refractivity contribution in [3.63, 3.8) is 0 Å².